The Morgan fingerprint density at radius 1 is 1.06 bits per heavy atom. The summed E-state index contributed by atoms with van der Waals surface area (Å²) in [6, 6.07) is 15.7. The van der Waals surface area contributed by atoms with Crippen LogP contribution in [0.5, 0.6) is 0 Å². The molecule has 0 saturated carbocycles. The average molecular weight is 451 g/mol. The third-order valence-corrected chi connectivity index (χ3v) is 6.61. The molecule has 0 spiro atoms. The predicted octanol–water partition coefficient (Wildman–Crippen LogP) is 4.02. The van der Waals surface area contributed by atoms with E-state index in [1.165, 1.54) is 11.1 Å². The molecule has 174 valence electrons. The third kappa shape index (κ3) is 5.02. The van der Waals surface area contributed by atoms with Crippen molar-refractivity contribution in [3.8, 4) is 11.1 Å². The molecule has 4 rings (SSSR count). The highest BCUT2D eigenvalue weighted by molar-refractivity contribution is 5.86. The lowest BCUT2D eigenvalue weighted by atomic mass is 9.93. The quantitative estimate of drug-likeness (QED) is 0.602. The third-order valence-electron chi connectivity index (χ3n) is 6.61. The zero-order chi connectivity index (χ0) is 23.4. The van der Waals surface area contributed by atoms with Crippen LogP contribution in [0.25, 0.3) is 11.1 Å². The molecule has 2 aromatic rings. The highest BCUT2D eigenvalue weighted by Gasteiger charge is 2.35. The number of carbonyl (C=O) groups excluding carboxylic acids is 2. The fraction of sp³-hybridized carbons (Fsp3) is 0.423. The molecule has 33 heavy (non-hydrogen) atoms. The molecule has 0 unspecified atom stereocenters. The van der Waals surface area contributed by atoms with E-state index in [9.17, 15) is 14.4 Å². The molecule has 0 bridgehead atoms. The Bertz CT molecular complexity index is 985. The molecule has 1 aliphatic heterocycles. The van der Waals surface area contributed by atoms with Gasteiger partial charge in [-0.25, -0.2) is 4.79 Å². The highest BCUT2D eigenvalue weighted by atomic mass is 16.5. The topological polar surface area (TPSA) is 95.9 Å². The fourth-order valence-corrected chi connectivity index (χ4v) is 4.82. The first kappa shape index (κ1) is 22.8. The molecular weight excluding hydrogens is 420 g/mol. The molecule has 2 aliphatic rings. The van der Waals surface area contributed by atoms with Crippen LogP contribution in [-0.2, 0) is 14.3 Å². The number of amides is 2. The molecule has 1 fully saturated rings. The summed E-state index contributed by atoms with van der Waals surface area (Å²) in [5.41, 5.74) is 4.62. The van der Waals surface area contributed by atoms with Crippen molar-refractivity contribution in [2.24, 2.45) is 5.92 Å². The number of hydrogen-bond donors (Lipinski definition) is 2. The van der Waals surface area contributed by atoms with Crippen LogP contribution in [0, 0.1) is 5.92 Å². The summed E-state index contributed by atoms with van der Waals surface area (Å²) in [6.45, 7) is 3.29. The summed E-state index contributed by atoms with van der Waals surface area (Å²) in [4.78, 5) is 37.7. The minimum atomic E-state index is -0.791. The maximum absolute atomic E-state index is 12.8. The van der Waals surface area contributed by atoms with E-state index < -0.39 is 18.1 Å². The van der Waals surface area contributed by atoms with Crippen LogP contribution in [0.4, 0.5) is 4.79 Å². The molecule has 2 amide bonds. The first-order chi connectivity index (χ1) is 16.0. The first-order valence-corrected chi connectivity index (χ1v) is 11.6. The number of ether oxygens (including phenoxy) is 1. The maximum Gasteiger partial charge on any atom is 0.407 e. The molecule has 1 aliphatic carbocycles. The number of nitrogens with one attached hydrogen (secondary N) is 1. The van der Waals surface area contributed by atoms with Crippen LogP contribution >= 0.6 is 0 Å². The lowest BCUT2D eigenvalue weighted by molar-refractivity contribution is -0.141. The van der Waals surface area contributed by atoms with Crippen LogP contribution in [-0.4, -0.2) is 53.7 Å². The van der Waals surface area contributed by atoms with E-state index in [1.807, 2.05) is 31.2 Å². The van der Waals surface area contributed by atoms with Gasteiger partial charge in [-0.2, -0.15) is 0 Å². The number of aliphatic carboxylic acids is 1. The van der Waals surface area contributed by atoms with E-state index >= 15 is 0 Å². The Morgan fingerprint density at radius 2 is 1.67 bits per heavy atom. The van der Waals surface area contributed by atoms with Gasteiger partial charge in [0.1, 0.15) is 12.6 Å². The number of carboxylic acid groups (broad SMARTS) is 1. The number of nitrogens with zero attached hydrogens (tertiary/aromatic N) is 1. The SMILES string of the molecule is CC[C@H](NC(=O)OCC1c2ccccc2-c2ccccc21)C(=O)N1CC(CCCC(=O)O)C1. The zero-order valence-electron chi connectivity index (χ0n) is 18.8. The number of carboxylic acids is 1. The van der Waals surface area contributed by atoms with E-state index in [4.69, 9.17) is 9.84 Å². The molecule has 1 atom stereocenters. The van der Waals surface area contributed by atoms with E-state index in [0.717, 1.165) is 17.5 Å². The Morgan fingerprint density at radius 3 is 2.24 bits per heavy atom. The normalized spacial score (nSPS) is 15.8. The van der Waals surface area contributed by atoms with Crippen LogP contribution < -0.4 is 5.32 Å². The molecular formula is C26H30N2O5. The fourth-order valence-electron chi connectivity index (χ4n) is 4.82. The monoisotopic (exact) mass is 450 g/mol. The van der Waals surface area contributed by atoms with Gasteiger partial charge < -0.3 is 20.1 Å². The number of hydrogen-bond acceptors (Lipinski definition) is 4. The first-order valence-electron chi connectivity index (χ1n) is 11.6. The van der Waals surface area contributed by atoms with Gasteiger partial charge >= 0.3 is 12.1 Å². The summed E-state index contributed by atoms with van der Waals surface area (Å²) >= 11 is 0. The van der Waals surface area contributed by atoms with Gasteiger partial charge in [0.25, 0.3) is 0 Å². The Labute approximate surface area is 193 Å². The van der Waals surface area contributed by atoms with Crippen LogP contribution in [0.3, 0.4) is 0 Å². The number of alkyl carbamates (subject to hydrolysis) is 1. The van der Waals surface area contributed by atoms with E-state index in [1.54, 1.807) is 4.90 Å². The summed E-state index contributed by atoms with van der Waals surface area (Å²) in [5, 5.41) is 11.5. The van der Waals surface area contributed by atoms with Crippen molar-refractivity contribution in [2.45, 2.75) is 44.6 Å². The van der Waals surface area contributed by atoms with Gasteiger partial charge in [-0.3, -0.25) is 9.59 Å². The van der Waals surface area contributed by atoms with Gasteiger partial charge in [-0.1, -0.05) is 55.5 Å². The van der Waals surface area contributed by atoms with Crippen molar-refractivity contribution in [1.82, 2.24) is 10.2 Å². The number of benzene rings is 2. The molecule has 0 radical (unpaired) electrons. The molecule has 7 nitrogen and oxygen atoms in total. The van der Waals surface area contributed by atoms with Gasteiger partial charge in [0.2, 0.25) is 5.91 Å². The number of carbonyl (C=O) groups is 3. The van der Waals surface area contributed by atoms with E-state index in [0.29, 0.717) is 31.8 Å². The van der Waals surface area contributed by atoms with Gasteiger partial charge in [0.05, 0.1) is 0 Å². The Kier molecular flexibility index (Phi) is 6.96. The predicted molar refractivity (Wildman–Crippen MR) is 124 cm³/mol. The second kappa shape index (κ2) is 10.1. The van der Waals surface area contributed by atoms with Crippen LogP contribution in [0.2, 0.25) is 0 Å². The van der Waals surface area contributed by atoms with Gasteiger partial charge in [-0.05, 0) is 47.4 Å². The van der Waals surface area contributed by atoms with Crippen LogP contribution in [0.1, 0.15) is 49.7 Å². The average Bonchev–Trinajstić information content (AvgIpc) is 3.10. The summed E-state index contributed by atoms with van der Waals surface area (Å²) < 4.78 is 5.57. The number of likely N-dealkylation sites (tertiary alicyclic amines) is 1. The minimum absolute atomic E-state index is 0.0270. The zero-order valence-corrected chi connectivity index (χ0v) is 18.8. The molecule has 1 saturated heterocycles. The van der Waals surface area contributed by atoms with Crippen LogP contribution in [0.15, 0.2) is 48.5 Å². The van der Waals surface area contributed by atoms with Crippen molar-refractivity contribution < 1.29 is 24.2 Å². The Hall–Kier alpha value is -3.35. The van der Waals surface area contributed by atoms with Gasteiger partial charge in [-0.15, -0.1) is 0 Å². The lowest BCUT2D eigenvalue weighted by Gasteiger charge is -2.41. The molecule has 1 heterocycles. The molecule has 2 N–H and O–H groups in total. The van der Waals surface area contributed by atoms with Gasteiger partial charge in [0.15, 0.2) is 0 Å². The van der Waals surface area contributed by atoms with E-state index in [-0.39, 0.29) is 24.9 Å². The number of fused-ring (bicyclic) bond motifs is 3. The van der Waals surface area contributed by atoms with Crippen molar-refractivity contribution in [3.63, 3.8) is 0 Å². The number of rotatable bonds is 9. The lowest BCUT2D eigenvalue weighted by Crippen LogP contribution is -2.56. The van der Waals surface area contributed by atoms with Gasteiger partial charge in [0, 0.05) is 25.4 Å². The molecule has 0 aromatic heterocycles. The standard InChI is InChI=1S/C26H30N2O5/c1-2-23(25(31)28-14-17(15-28)8-7-13-24(29)30)27-26(32)33-16-22-20-11-5-3-9-18(20)19-10-4-6-12-21(19)22/h3-6,9-12,17,22-23H,2,7-8,13-16H2,1H3,(H,27,32)(H,29,30)/t23-/m0/s1. The Balaban J connectivity index is 1.28. The van der Waals surface area contributed by atoms with Crippen molar-refractivity contribution in [2.75, 3.05) is 19.7 Å². The summed E-state index contributed by atoms with van der Waals surface area (Å²) in [5.74, 6) is -0.595. The largest absolute Gasteiger partial charge is 0.481 e. The van der Waals surface area contributed by atoms with Crippen molar-refractivity contribution in [1.29, 1.82) is 0 Å². The highest BCUT2D eigenvalue weighted by Crippen LogP contribution is 2.44. The minimum Gasteiger partial charge on any atom is -0.481 e. The maximum atomic E-state index is 12.8. The second-order valence-corrected chi connectivity index (χ2v) is 8.83. The van der Waals surface area contributed by atoms with Crippen molar-refractivity contribution >= 4 is 18.0 Å². The van der Waals surface area contributed by atoms with Crippen molar-refractivity contribution in [3.05, 3.63) is 59.7 Å². The molecule has 2 aromatic carbocycles. The van der Waals surface area contributed by atoms with E-state index in [2.05, 4.69) is 29.6 Å². The summed E-state index contributed by atoms with van der Waals surface area (Å²) in [7, 11) is 0. The smallest absolute Gasteiger partial charge is 0.407 e. The summed E-state index contributed by atoms with van der Waals surface area (Å²) in [6.07, 6.45) is 1.47. The second-order valence-electron chi connectivity index (χ2n) is 8.83. The molecule has 7 heteroatoms.